The Labute approximate surface area is 168 Å². The molecule has 0 aromatic heterocycles. The Morgan fingerprint density at radius 1 is 1.10 bits per heavy atom. The first kappa shape index (κ1) is 20.3. The number of carbonyl (C=O) groups is 3. The summed E-state index contributed by atoms with van der Waals surface area (Å²) in [6.45, 7) is 0.287. The first-order chi connectivity index (χ1) is 14.0. The molecule has 1 fully saturated rings. The van der Waals surface area contributed by atoms with Crippen molar-refractivity contribution < 1.29 is 24.3 Å². The fraction of sp³-hybridized carbons (Fsp3) is 0.286. The van der Waals surface area contributed by atoms with Crippen LogP contribution in [0.2, 0.25) is 0 Å². The Hall–Kier alpha value is -3.39. The molecule has 0 spiro atoms. The Morgan fingerprint density at radius 2 is 1.79 bits per heavy atom. The van der Waals surface area contributed by atoms with E-state index in [2.05, 4.69) is 0 Å². The minimum absolute atomic E-state index is 0.0657. The Balaban J connectivity index is 1.84. The third-order valence-electron chi connectivity index (χ3n) is 4.85. The van der Waals surface area contributed by atoms with Crippen molar-refractivity contribution in [1.82, 2.24) is 10.4 Å². The van der Waals surface area contributed by atoms with Crippen LogP contribution in [0.4, 0.5) is 10.5 Å². The van der Waals surface area contributed by atoms with Gasteiger partial charge in [-0.3, -0.25) is 14.8 Å². The molecule has 8 nitrogen and oxygen atoms in total. The highest BCUT2D eigenvalue weighted by Gasteiger charge is 2.45. The second-order valence-electron chi connectivity index (χ2n) is 6.71. The van der Waals surface area contributed by atoms with Crippen LogP contribution in [0.5, 0.6) is 5.75 Å². The van der Waals surface area contributed by atoms with Crippen molar-refractivity contribution >= 4 is 23.5 Å². The summed E-state index contributed by atoms with van der Waals surface area (Å²) in [5.41, 5.74) is 2.95. The van der Waals surface area contributed by atoms with Crippen molar-refractivity contribution in [2.24, 2.45) is 0 Å². The molecule has 152 valence electrons. The molecule has 4 amide bonds. The van der Waals surface area contributed by atoms with Crippen LogP contribution in [0, 0.1) is 0 Å². The maximum absolute atomic E-state index is 13.1. The minimum atomic E-state index is -0.684. The summed E-state index contributed by atoms with van der Waals surface area (Å²) in [4.78, 5) is 40.2. The number of hydroxylamine groups is 1. The predicted octanol–water partition coefficient (Wildman–Crippen LogP) is 2.71. The van der Waals surface area contributed by atoms with Crippen molar-refractivity contribution in [2.45, 2.75) is 31.8 Å². The van der Waals surface area contributed by atoms with Gasteiger partial charge in [-0.05, 0) is 42.7 Å². The molecule has 8 heteroatoms. The molecule has 1 aliphatic rings. The zero-order valence-corrected chi connectivity index (χ0v) is 16.1. The van der Waals surface area contributed by atoms with E-state index >= 15 is 0 Å². The molecule has 2 N–H and O–H groups in total. The largest absolute Gasteiger partial charge is 0.497 e. The second-order valence-corrected chi connectivity index (χ2v) is 6.71. The molecule has 0 bridgehead atoms. The lowest BCUT2D eigenvalue weighted by molar-refractivity contribution is -0.129. The van der Waals surface area contributed by atoms with E-state index < -0.39 is 18.0 Å². The fourth-order valence-electron chi connectivity index (χ4n) is 3.36. The number of rotatable bonds is 8. The lowest BCUT2D eigenvalue weighted by Gasteiger charge is -2.21. The van der Waals surface area contributed by atoms with Crippen molar-refractivity contribution in [2.75, 3.05) is 12.0 Å². The van der Waals surface area contributed by atoms with Gasteiger partial charge in [0.2, 0.25) is 5.91 Å². The summed E-state index contributed by atoms with van der Waals surface area (Å²) >= 11 is 0. The van der Waals surface area contributed by atoms with Gasteiger partial charge in [-0.2, -0.15) is 0 Å². The SMILES string of the molecule is COc1ccc(N2C(=O)C(CCCC(=O)NO)N(Cc3ccccc3)C2=O)cc1. The van der Waals surface area contributed by atoms with Gasteiger partial charge in [0.05, 0.1) is 12.8 Å². The van der Waals surface area contributed by atoms with Gasteiger partial charge in [-0.1, -0.05) is 30.3 Å². The number of methoxy groups -OCH3 is 1. The highest BCUT2D eigenvalue weighted by molar-refractivity contribution is 6.21. The summed E-state index contributed by atoms with van der Waals surface area (Å²) in [5.74, 6) is -0.232. The number of hydrogen-bond donors (Lipinski definition) is 2. The van der Waals surface area contributed by atoms with Crippen LogP contribution in [0.25, 0.3) is 0 Å². The van der Waals surface area contributed by atoms with Crippen LogP contribution >= 0.6 is 0 Å². The van der Waals surface area contributed by atoms with E-state index in [1.54, 1.807) is 36.9 Å². The van der Waals surface area contributed by atoms with E-state index in [9.17, 15) is 14.4 Å². The van der Waals surface area contributed by atoms with Gasteiger partial charge in [0.25, 0.3) is 5.91 Å². The highest BCUT2D eigenvalue weighted by Crippen LogP contribution is 2.30. The van der Waals surface area contributed by atoms with E-state index in [0.29, 0.717) is 24.3 Å². The summed E-state index contributed by atoms with van der Waals surface area (Å²) in [6.07, 6.45) is 0.742. The monoisotopic (exact) mass is 397 g/mol. The molecule has 1 heterocycles. The van der Waals surface area contributed by atoms with Gasteiger partial charge >= 0.3 is 6.03 Å². The molecular weight excluding hydrogens is 374 g/mol. The van der Waals surface area contributed by atoms with Gasteiger partial charge in [0.1, 0.15) is 11.8 Å². The van der Waals surface area contributed by atoms with E-state index in [0.717, 1.165) is 5.56 Å². The number of nitrogens with zero attached hydrogens (tertiary/aromatic N) is 2. The number of urea groups is 1. The summed E-state index contributed by atoms with van der Waals surface area (Å²) in [6, 6.07) is 15.0. The number of anilines is 1. The topological polar surface area (TPSA) is 99.2 Å². The van der Waals surface area contributed by atoms with Crippen LogP contribution in [0.1, 0.15) is 24.8 Å². The molecule has 0 aliphatic carbocycles. The molecule has 2 aromatic carbocycles. The minimum Gasteiger partial charge on any atom is -0.497 e. The maximum atomic E-state index is 13.1. The third-order valence-corrected chi connectivity index (χ3v) is 4.85. The first-order valence-corrected chi connectivity index (χ1v) is 9.30. The molecule has 1 aliphatic heterocycles. The molecule has 3 rings (SSSR count). The Kier molecular flexibility index (Phi) is 6.46. The average molecular weight is 397 g/mol. The number of hydrogen-bond acceptors (Lipinski definition) is 5. The summed E-state index contributed by atoms with van der Waals surface area (Å²) in [5, 5.41) is 8.65. The molecule has 1 saturated heterocycles. The summed E-state index contributed by atoms with van der Waals surface area (Å²) < 4.78 is 5.14. The molecule has 0 radical (unpaired) electrons. The van der Waals surface area contributed by atoms with Gasteiger partial charge < -0.3 is 9.64 Å². The number of nitrogens with one attached hydrogen (secondary N) is 1. The van der Waals surface area contributed by atoms with Gasteiger partial charge in [0, 0.05) is 13.0 Å². The number of ether oxygens (including phenoxy) is 1. The van der Waals surface area contributed by atoms with E-state index in [1.165, 1.54) is 9.80 Å². The lowest BCUT2D eigenvalue weighted by Crippen LogP contribution is -2.35. The number of carbonyl (C=O) groups excluding carboxylic acids is 3. The van der Waals surface area contributed by atoms with E-state index in [-0.39, 0.29) is 18.9 Å². The molecule has 0 saturated carbocycles. The van der Waals surface area contributed by atoms with E-state index in [4.69, 9.17) is 9.94 Å². The Bertz CT molecular complexity index is 870. The lowest BCUT2D eigenvalue weighted by atomic mass is 10.1. The zero-order valence-electron chi connectivity index (χ0n) is 16.1. The number of amides is 4. The predicted molar refractivity (Wildman–Crippen MR) is 105 cm³/mol. The quantitative estimate of drug-likeness (QED) is 0.405. The van der Waals surface area contributed by atoms with Crippen molar-refractivity contribution in [3.8, 4) is 5.75 Å². The number of benzene rings is 2. The van der Waals surface area contributed by atoms with Crippen LogP contribution in [-0.2, 0) is 16.1 Å². The zero-order chi connectivity index (χ0) is 20.8. The van der Waals surface area contributed by atoms with Crippen molar-refractivity contribution in [3.63, 3.8) is 0 Å². The molecule has 2 aromatic rings. The molecule has 29 heavy (non-hydrogen) atoms. The normalized spacial score (nSPS) is 16.3. The van der Waals surface area contributed by atoms with Crippen molar-refractivity contribution in [1.29, 1.82) is 0 Å². The summed E-state index contributed by atoms with van der Waals surface area (Å²) in [7, 11) is 1.54. The van der Waals surface area contributed by atoms with Gasteiger partial charge in [-0.25, -0.2) is 15.2 Å². The molecular formula is C21H23N3O5. The second kappa shape index (κ2) is 9.20. The first-order valence-electron chi connectivity index (χ1n) is 9.30. The molecule has 1 atom stereocenters. The van der Waals surface area contributed by atoms with Crippen LogP contribution in [0.3, 0.4) is 0 Å². The maximum Gasteiger partial charge on any atom is 0.332 e. The third kappa shape index (κ3) is 4.55. The van der Waals surface area contributed by atoms with Crippen LogP contribution in [0.15, 0.2) is 54.6 Å². The van der Waals surface area contributed by atoms with Crippen molar-refractivity contribution in [3.05, 3.63) is 60.2 Å². The standard InChI is InChI=1S/C21H23N3O5/c1-29-17-12-10-16(11-13-17)24-20(26)18(8-5-9-19(25)22-28)23(21(24)27)14-15-6-3-2-4-7-15/h2-4,6-7,10-13,18,28H,5,8-9,14H2,1H3,(H,22,25). The van der Waals surface area contributed by atoms with E-state index in [1.807, 2.05) is 30.3 Å². The highest BCUT2D eigenvalue weighted by atomic mass is 16.5. The van der Waals surface area contributed by atoms with Crippen LogP contribution in [-0.4, -0.2) is 41.1 Å². The van der Waals surface area contributed by atoms with Crippen LogP contribution < -0.4 is 15.1 Å². The number of imide groups is 1. The fourth-order valence-corrected chi connectivity index (χ4v) is 3.36. The van der Waals surface area contributed by atoms with Gasteiger partial charge in [-0.15, -0.1) is 0 Å². The smallest absolute Gasteiger partial charge is 0.332 e. The molecule has 1 unspecified atom stereocenters. The Morgan fingerprint density at radius 3 is 2.41 bits per heavy atom. The van der Waals surface area contributed by atoms with Gasteiger partial charge in [0.15, 0.2) is 0 Å². The average Bonchev–Trinajstić information content (AvgIpc) is 2.98.